The van der Waals surface area contributed by atoms with Crippen LogP contribution in [0.25, 0.3) is 0 Å². The van der Waals surface area contributed by atoms with Gasteiger partial charge in [0.1, 0.15) is 5.75 Å². The van der Waals surface area contributed by atoms with E-state index in [-0.39, 0.29) is 5.91 Å². The first kappa shape index (κ1) is 17.5. The topological polar surface area (TPSA) is 41.6 Å². The Morgan fingerprint density at radius 3 is 2.40 bits per heavy atom. The molecular weight excluding hydrogens is 312 g/mol. The number of ether oxygens (including phenoxy) is 1. The normalized spacial score (nSPS) is 20.9. The lowest BCUT2D eigenvalue weighted by Gasteiger charge is -2.34. The Morgan fingerprint density at radius 1 is 1.04 bits per heavy atom. The second kappa shape index (κ2) is 8.17. The standard InChI is InChI=1S/C21H26N2O2/c1-16-12-17(2)14-23(13-16)15-21(24)22-19-10-6-7-11-20(19)25-18-8-4-3-5-9-18/h3-11,16-17H,12-15H2,1-2H3,(H,22,24). The molecule has 4 nitrogen and oxygen atoms in total. The summed E-state index contributed by atoms with van der Waals surface area (Å²) in [6, 6.07) is 17.1. The van der Waals surface area contributed by atoms with Crippen LogP contribution in [0.3, 0.4) is 0 Å². The first-order valence-electron chi connectivity index (χ1n) is 8.94. The molecule has 1 aliphatic rings. The highest BCUT2D eigenvalue weighted by atomic mass is 16.5. The van der Waals surface area contributed by atoms with E-state index >= 15 is 0 Å². The van der Waals surface area contributed by atoms with Crippen LogP contribution >= 0.6 is 0 Å². The Bertz CT molecular complexity index is 692. The molecule has 132 valence electrons. The summed E-state index contributed by atoms with van der Waals surface area (Å²) in [6.45, 7) is 6.90. The lowest BCUT2D eigenvalue weighted by atomic mass is 9.92. The number of para-hydroxylation sites is 3. The molecule has 0 saturated carbocycles. The number of likely N-dealkylation sites (tertiary alicyclic amines) is 1. The number of amides is 1. The molecule has 2 unspecified atom stereocenters. The Labute approximate surface area is 149 Å². The van der Waals surface area contributed by atoms with Crippen molar-refractivity contribution >= 4 is 11.6 Å². The van der Waals surface area contributed by atoms with Crippen molar-refractivity contribution in [1.29, 1.82) is 0 Å². The molecule has 0 radical (unpaired) electrons. The van der Waals surface area contributed by atoms with Gasteiger partial charge in [-0.3, -0.25) is 9.69 Å². The smallest absolute Gasteiger partial charge is 0.238 e. The molecule has 1 heterocycles. The van der Waals surface area contributed by atoms with Crippen LogP contribution in [0, 0.1) is 11.8 Å². The predicted octanol–water partition coefficient (Wildman–Crippen LogP) is 4.40. The van der Waals surface area contributed by atoms with Gasteiger partial charge in [-0.05, 0) is 42.5 Å². The third-order valence-corrected chi connectivity index (χ3v) is 4.44. The molecule has 2 atom stereocenters. The van der Waals surface area contributed by atoms with Gasteiger partial charge in [0.25, 0.3) is 0 Å². The van der Waals surface area contributed by atoms with Crippen LogP contribution in [0.2, 0.25) is 0 Å². The van der Waals surface area contributed by atoms with E-state index in [0.29, 0.717) is 29.8 Å². The van der Waals surface area contributed by atoms with Gasteiger partial charge in [0, 0.05) is 13.1 Å². The number of nitrogens with one attached hydrogen (secondary N) is 1. The summed E-state index contributed by atoms with van der Waals surface area (Å²) in [5.41, 5.74) is 0.703. The summed E-state index contributed by atoms with van der Waals surface area (Å²) in [7, 11) is 0. The summed E-state index contributed by atoms with van der Waals surface area (Å²) in [4.78, 5) is 14.7. The fraction of sp³-hybridized carbons (Fsp3) is 0.381. The minimum Gasteiger partial charge on any atom is -0.455 e. The molecule has 1 N–H and O–H groups in total. The van der Waals surface area contributed by atoms with Crippen molar-refractivity contribution < 1.29 is 9.53 Å². The SMILES string of the molecule is CC1CC(C)CN(CC(=O)Nc2ccccc2Oc2ccccc2)C1. The van der Waals surface area contributed by atoms with Crippen LogP contribution < -0.4 is 10.1 Å². The van der Waals surface area contributed by atoms with Gasteiger partial charge in [-0.25, -0.2) is 0 Å². The molecule has 0 aromatic heterocycles. The monoisotopic (exact) mass is 338 g/mol. The average Bonchev–Trinajstić information content (AvgIpc) is 2.56. The largest absolute Gasteiger partial charge is 0.455 e. The molecule has 2 aromatic carbocycles. The zero-order chi connectivity index (χ0) is 17.6. The van der Waals surface area contributed by atoms with E-state index in [1.165, 1.54) is 6.42 Å². The second-order valence-corrected chi connectivity index (χ2v) is 7.10. The number of anilines is 1. The minimum atomic E-state index is 0.00501. The summed E-state index contributed by atoms with van der Waals surface area (Å²) in [5, 5.41) is 3.00. The van der Waals surface area contributed by atoms with Crippen molar-refractivity contribution in [2.24, 2.45) is 11.8 Å². The zero-order valence-electron chi connectivity index (χ0n) is 14.9. The van der Waals surface area contributed by atoms with Crippen molar-refractivity contribution in [3.8, 4) is 11.5 Å². The molecule has 3 rings (SSSR count). The Hall–Kier alpha value is -2.33. The average molecular weight is 338 g/mol. The number of piperidine rings is 1. The molecule has 1 amide bonds. The van der Waals surface area contributed by atoms with Crippen LogP contribution in [0.1, 0.15) is 20.3 Å². The lowest BCUT2D eigenvalue weighted by Crippen LogP contribution is -2.42. The maximum Gasteiger partial charge on any atom is 0.238 e. The maximum atomic E-state index is 12.5. The van der Waals surface area contributed by atoms with Crippen LogP contribution in [-0.2, 0) is 4.79 Å². The maximum absolute atomic E-state index is 12.5. The van der Waals surface area contributed by atoms with Crippen LogP contribution in [-0.4, -0.2) is 30.4 Å². The lowest BCUT2D eigenvalue weighted by molar-refractivity contribution is -0.117. The van der Waals surface area contributed by atoms with Crippen LogP contribution in [0.15, 0.2) is 54.6 Å². The summed E-state index contributed by atoms with van der Waals surface area (Å²) >= 11 is 0. The molecular formula is C21H26N2O2. The van der Waals surface area contributed by atoms with Gasteiger partial charge in [-0.15, -0.1) is 0 Å². The Kier molecular flexibility index (Phi) is 5.71. The number of hydrogen-bond donors (Lipinski definition) is 1. The van der Waals surface area contributed by atoms with E-state index in [4.69, 9.17) is 4.74 Å². The van der Waals surface area contributed by atoms with E-state index in [1.807, 2.05) is 54.6 Å². The molecule has 1 fully saturated rings. The number of carbonyl (C=O) groups is 1. The molecule has 4 heteroatoms. The van der Waals surface area contributed by atoms with Crippen molar-refractivity contribution in [3.05, 3.63) is 54.6 Å². The molecule has 0 bridgehead atoms. The minimum absolute atomic E-state index is 0.00501. The van der Waals surface area contributed by atoms with Crippen LogP contribution in [0.5, 0.6) is 11.5 Å². The highest BCUT2D eigenvalue weighted by Gasteiger charge is 2.23. The fourth-order valence-corrected chi connectivity index (χ4v) is 3.59. The van der Waals surface area contributed by atoms with Crippen molar-refractivity contribution in [1.82, 2.24) is 4.90 Å². The van der Waals surface area contributed by atoms with Gasteiger partial charge in [0.05, 0.1) is 12.2 Å². The van der Waals surface area contributed by atoms with Gasteiger partial charge in [-0.2, -0.15) is 0 Å². The molecule has 25 heavy (non-hydrogen) atoms. The zero-order valence-corrected chi connectivity index (χ0v) is 14.9. The van der Waals surface area contributed by atoms with Gasteiger partial charge < -0.3 is 10.1 Å². The molecule has 0 aliphatic carbocycles. The summed E-state index contributed by atoms with van der Waals surface area (Å²) < 4.78 is 5.91. The van der Waals surface area contributed by atoms with E-state index in [2.05, 4.69) is 24.1 Å². The summed E-state index contributed by atoms with van der Waals surface area (Å²) in [5.74, 6) is 2.70. The third kappa shape index (κ3) is 5.07. The van der Waals surface area contributed by atoms with E-state index in [0.717, 1.165) is 18.8 Å². The van der Waals surface area contributed by atoms with Crippen molar-refractivity contribution in [3.63, 3.8) is 0 Å². The third-order valence-electron chi connectivity index (χ3n) is 4.44. The number of benzene rings is 2. The number of hydrogen-bond acceptors (Lipinski definition) is 3. The predicted molar refractivity (Wildman–Crippen MR) is 101 cm³/mol. The van der Waals surface area contributed by atoms with Crippen LogP contribution in [0.4, 0.5) is 5.69 Å². The van der Waals surface area contributed by atoms with Crippen molar-refractivity contribution in [2.45, 2.75) is 20.3 Å². The second-order valence-electron chi connectivity index (χ2n) is 7.10. The number of nitrogens with zero attached hydrogens (tertiary/aromatic N) is 1. The Morgan fingerprint density at radius 2 is 1.68 bits per heavy atom. The van der Waals surface area contributed by atoms with Gasteiger partial charge in [-0.1, -0.05) is 44.2 Å². The molecule has 2 aromatic rings. The van der Waals surface area contributed by atoms with E-state index in [1.54, 1.807) is 0 Å². The fourth-order valence-electron chi connectivity index (χ4n) is 3.59. The van der Waals surface area contributed by atoms with E-state index in [9.17, 15) is 4.79 Å². The van der Waals surface area contributed by atoms with Gasteiger partial charge >= 0.3 is 0 Å². The van der Waals surface area contributed by atoms with Gasteiger partial charge in [0.15, 0.2) is 5.75 Å². The molecule has 1 saturated heterocycles. The highest BCUT2D eigenvalue weighted by molar-refractivity contribution is 5.93. The number of rotatable bonds is 5. The number of carbonyl (C=O) groups excluding carboxylic acids is 1. The summed E-state index contributed by atoms with van der Waals surface area (Å²) in [6.07, 6.45) is 1.24. The van der Waals surface area contributed by atoms with Crippen molar-refractivity contribution in [2.75, 3.05) is 25.0 Å². The Balaban J connectivity index is 1.63. The molecule has 1 aliphatic heterocycles. The molecule has 0 spiro atoms. The first-order chi connectivity index (χ1) is 12.1. The first-order valence-corrected chi connectivity index (χ1v) is 8.94. The quantitative estimate of drug-likeness (QED) is 0.879. The highest BCUT2D eigenvalue weighted by Crippen LogP contribution is 2.29. The van der Waals surface area contributed by atoms with E-state index < -0.39 is 0 Å². The van der Waals surface area contributed by atoms with Gasteiger partial charge in [0.2, 0.25) is 5.91 Å².